The number of hydrogen-bond donors (Lipinski definition) is 0. The van der Waals surface area contributed by atoms with Gasteiger partial charge in [-0.1, -0.05) is 6.92 Å². The number of thiophene rings is 1. The summed E-state index contributed by atoms with van der Waals surface area (Å²) in [6.45, 7) is 5.81. The second kappa shape index (κ2) is 6.43. The summed E-state index contributed by atoms with van der Waals surface area (Å²) in [7, 11) is 0. The largest absolute Gasteiger partial charge is 0.464 e. The monoisotopic (exact) mass is 334 g/mol. The predicted octanol–water partition coefficient (Wildman–Crippen LogP) is 3.16. The van der Waals surface area contributed by atoms with E-state index < -0.39 is 6.04 Å². The maximum atomic E-state index is 13.0. The molecule has 0 bridgehead atoms. The Bertz CT molecular complexity index is 806. The van der Waals surface area contributed by atoms with E-state index in [4.69, 9.17) is 4.74 Å². The maximum Gasteiger partial charge on any atom is 0.329 e. The molecule has 124 valence electrons. The molecule has 0 spiro atoms. The summed E-state index contributed by atoms with van der Waals surface area (Å²) < 4.78 is 6.69. The fourth-order valence-electron chi connectivity index (χ4n) is 3.20. The minimum atomic E-state index is -0.648. The molecule has 3 rings (SSSR count). The Kier molecular flexibility index (Phi) is 4.53. The third-order valence-corrected chi connectivity index (χ3v) is 5.56. The Hall–Kier alpha value is -1.69. The lowest BCUT2D eigenvalue weighted by molar-refractivity contribution is -0.147. The fourth-order valence-corrected chi connectivity index (χ4v) is 4.50. The lowest BCUT2D eigenvalue weighted by atomic mass is 9.97. The molecule has 2 heterocycles. The van der Waals surface area contributed by atoms with Gasteiger partial charge in [-0.3, -0.25) is 9.36 Å². The van der Waals surface area contributed by atoms with E-state index in [2.05, 4.69) is 4.98 Å². The number of esters is 1. The van der Waals surface area contributed by atoms with Crippen molar-refractivity contribution in [1.29, 1.82) is 0 Å². The average molecular weight is 334 g/mol. The van der Waals surface area contributed by atoms with Crippen LogP contribution in [0.4, 0.5) is 0 Å². The van der Waals surface area contributed by atoms with Gasteiger partial charge < -0.3 is 4.74 Å². The van der Waals surface area contributed by atoms with Crippen molar-refractivity contribution in [2.75, 3.05) is 6.61 Å². The predicted molar refractivity (Wildman–Crippen MR) is 91.2 cm³/mol. The lowest BCUT2D eigenvalue weighted by Gasteiger charge is -2.17. The summed E-state index contributed by atoms with van der Waals surface area (Å²) in [4.78, 5) is 31.9. The molecule has 0 saturated carbocycles. The van der Waals surface area contributed by atoms with Gasteiger partial charge in [-0.15, -0.1) is 11.3 Å². The topological polar surface area (TPSA) is 61.2 Å². The number of ether oxygens (including phenoxy) is 1. The molecule has 0 fully saturated rings. The lowest BCUT2D eigenvalue weighted by Crippen LogP contribution is -2.32. The molecule has 0 saturated heterocycles. The van der Waals surface area contributed by atoms with E-state index >= 15 is 0 Å². The van der Waals surface area contributed by atoms with Gasteiger partial charge in [-0.2, -0.15) is 0 Å². The zero-order valence-electron chi connectivity index (χ0n) is 13.8. The molecular weight excluding hydrogens is 312 g/mol. The van der Waals surface area contributed by atoms with Gasteiger partial charge in [0.05, 0.1) is 12.0 Å². The SMILES string of the molecule is CCCOC(=O)C(C)n1c(C)nc2sc3c(c2c1=O)CCCC3. The first-order chi connectivity index (χ1) is 11.0. The minimum absolute atomic E-state index is 0.104. The van der Waals surface area contributed by atoms with Crippen LogP contribution in [0.1, 0.15) is 55.4 Å². The van der Waals surface area contributed by atoms with E-state index in [1.165, 1.54) is 15.9 Å². The number of carbonyl (C=O) groups excluding carboxylic acids is 1. The van der Waals surface area contributed by atoms with E-state index in [1.807, 2.05) is 6.92 Å². The van der Waals surface area contributed by atoms with Gasteiger partial charge in [0.15, 0.2) is 0 Å². The highest BCUT2D eigenvalue weighted by molar-refractivity contribution is 7.18. The molecule has 5 nitrogen and oxygen atoms in total. The number of aromatic nitrogens is 2. The average Bonchev–Trinajstić information content (AvgIpc) is 2.90. The fraction of sp³-hybridized carbons (Fsp3) is 0.588. The second-order valence-electron chi connectivity index (χ2n) is 6.07. The third-order valence-electron chi connectivity index (χ3n) is 4.37. The Morgan fingerprint density at radius 2 is 2.13 bits per heavy atom. The van der Waals surface area contributed by atoms with Crippen molar-refractivity contribution in [3.63, 3.8) is 0 Å². The van der Waals surface area contributed by atoms with Gasteiger partial charge in [0.1, 0.15) is 16.7 Å². The standard InChI is InChI=1S/C17H22N2O3S/c1-4-9-22-17(21)10(2)19-11(3)18-15-14(16(19)20)12-7-5-6-8-13(12)23-15/h10H,4-9H2,1-3H3. The van der Waals surface area contributed by atoms with Crippen molar-refractivity contribution in [3.8, 4) is 0 Å². The molecule has 0 N–H and O–H groups in total. The van der Waals surface area contributed by atoms with E-state index in [1.54, 1.807) is 25.2 Å². The number of aryl methyl sites for hydroxylation is 3. The molecular formula is C17H22N2O3S. The zero-order valence-corrected chi connectivity index (χ0v) is 14.7. The molecule has 2 aromatic rings. The van der Waals surface area contributed by atoms with Crippen LogP contribution in [0.15, 0.2) is 4.79 Å². The van der Waals surface area contributed by atoms with Gasteiger partial charge >= 0.3 is 5.97 Å². The quantitative estimate of drug-likeness (QED) is 0.806. The van der Waals surface area contributed by atoms with Crippen LogP contribution in [0.5, 0.6) is 0 Å². The molecule has 0 aliphatic heterocycles. The molecule has 23 heavy (non-hydrogen) atoms. The van der Waals surface area contributed by atoms with E-state index in [0.29, 0.717) is 17.8 Å². The Balaban J connectivity index is 2.10. The number of hydrogen-bond acceptors (Lipinski definition) is 5. The summed E-state index contributed by atoms with van der Waals surface area (Å²) >= 11 is 1.63. The van der Waals surface area contributed by atoms with Gasteiger partial charge in [0.2, 0.25) is 0 Å². The molecule has 6 heteroatoms. The smallest absolute Gasteiger partial charge is 0.329 e. The van der Waals surface area contributed by atoms with Crippen LogP contribution in [-0.4, -0.2) is 22.1 Å². The molecule has 1 aliphatic rings. The van der Waals surface area contributed by atoms with Crippen molar-refractivity contribution in [3.05, 3.63) is 26.6 Å². The minimum Gasteiger partial charge on any atom is -0.464 e. The van der Waals surface area contributed by atoms with Crippen LogP contribution in [0, 0.1) is 6.92 Å². The highest BCUT2D eigenvalue weighted by Gasteiger charge is 2.25. The van der Waals surface area contributed by atoms with Crippen LogP contribution in [-0.2, 0) is 22.4 Å². The normalized spacial score (nSPS) is 15.4. The number of carbonyl (C=O) groups is 1. The maximum absolute atomic E-state index is 13.0. The van der Waals surface area contributed by atoms with Crippen molar-refractivity contribution in [1.82, 2.24) is 9.55 Å². The molecule has 0 amide bonds. The van der Waals surface area contributed by atoms with Crippen LogP contribution in [0.25, 0.3) is 10.2 Å². The number of nitrogens with zero attached hydrogens (tertiary/aromatic N) is 2. The Morgan fingerprint density at radius 3 is 2.87 bits per heavy atom. The summed E-state index contributed by atoms with van der Waals surface area (Å²) in [5.74, 6) is 0.198. The van der Waals surface area contributed by atoms with Crippen LogP contribution >= 0.6 is 11.3 Å². The summed E-state index contributed by atoms with van der Waals surface area (Å²) in [6, 6.07) is -0.648. The van der Waals surface area contributed by atoms with Crippen LogP contribution in [0.2, 0.25) is 0 Å². The summed E-state index contributed by atoms with van der Waals surface area (Å²) in [5, 5.41) is 0.713. The first-order valence-electron chi connectivity index (χ1n) is 8.24. The van der Waals surface area contributed by atoms with Crippen molar-refractivity contribution in [2.24, 2.45) is 0 Å². The first kappa shape index (κ1) is 16.2. The molecule has 0 radical (unpaired) electrons. The van der Waals surface area contributed by atoms with Gasteiger partial charge in [-0.05, 0) is 51.5 Å². The van der Waals surface area contributed by atoms with E-state index in [-0.39, 0.29) is 11.5 Å². The van der Waals surface area contributed by atoms with Crippen molar-refractivity contribution in [2.45, 2.75) is 58.9 Å². The van der Waals surface area contributed by atoms with Gasteiger partial charge in [0, 0.05) is 4.88 Å². The van der Waals surface area contributed by atoms with E-state index in [0.717, 1.165) is 36.1 Å². The summed E-state index contributed by atoms with van der Waals surface area (Å²) in [6.07, 6.45) is 5.02. The molecule has 0 aromatic carbocycles. The van der Waals surface area contributed by atoms with Crippen LogP contribution < -0.4 is 5.56 Å². The Labute approximate surface area is 139 Å². The number of rotatable bonds is 4. The van der Waals surface area contributed by atoms with Gasteiger partial charge in [-0.25, -0.2) is 9.78 Å². The third kappa shape index (κ3) is 2.80. The highest BCUT2D eigenvalue weighted by Crippen LogP contribution is 2.34. The molecule has 1 aliphatic carbocycles. The molecule has 1 atom stereocenters. The Morgan fingerprint density at radius 1 is 1.39 bits per heavy atom. The van der Waals surface area contributed by atoms with E-state index in [9.17, 15) is 9.59 Å². The zero-order chi connectivity index (χ0) is 16.6. The molecule has 2 aromatic heterocycles. The van der Waals surface area contributed by atoms with Crippen molar-refractivity contribution < 1.29 is 9.53 Å². The van der Waals surface area contributed by atoms with Gasteiger partial charge in [0.25, 0.3) is 5.56 Å². The first-order valence-corrected chi connectivity index (χ1v) is 9.06. The van der Waals surface area contributed by atoms with Crippen LogP contribution in [0.3, 0.4) is 0 Å². The second-order valence-corrected chi connectivity index (χ2v) is 7.15. The number of fused-ring (bicyclic) bond motifs is 3. The summed E-state index contributed by atoms with van der Waals surface area (Å²) in [5.41, 5.74) is 1.05. The highest BCUT2D eigenvalue weighted by atomic mass is 32.1. The molecule has 1 unspecified atom stereocenters. The van der Waals surface area contributed by atoms with Crippen molar-refractivity contribution >= 4 is 27.5 Å².